The van der Waals surface area contributed by atoms with Gasteiger partial charge < -0.3 is 4.74 Å². The lowest BCUT2D eigenvalue weighted by molar-refractivity contribution is 0.0600. The Bertz CT molecular complexity index is 708. The summed E-state index contributed by atoms with van der Waals surface area (Å²) in [6, 6.07) is 15.7. The van der Waals surface area contributed by atoms with Gasteiger partial charge in [0.15, 0.2) is 0 Å². The summed E-state index contributed by atoms with van der Waals surface area (Å²) in [6.45, 7) is 2.07. The fourth-order valence-electron chi connectivity index (χ4n) is 2.16. The van der Waals surface area contributed by atoms with Gasteiger partial charge in [0.25, 0.3) is 0 Å². The number of nitrogens with zero attached hydrogens (tertiary/aromatic N) is 1. The maximum Gasteiger partial charge on any atom is 0.337 e. The fourth-order valence-corrected chi connectivity index (χ4v) is 3.16. The number of hydrogen-bond donors (Lipinski definition) is 1. The fraction of sp³-hybridized carbons (Fsp3) is 0.176. The molecule has 5 heteroatoms. The molecule has 4 nitrogen and oxygen atoms in total. The molecule has 0 fully saturated rings. The van der Waals surface area contributed by atoms with Gasteiger partial charge in [0.1, 0.15) is 10.4 Å². The van der Waals surface area contributed by atoms with Crippen molar-refractivity contribution in [2.75, 3.05) is 7.11 Å². The number of hydrazone groups is 1. The van der Waals surface area contributed by atoms with E-state index in [1.165, 1.54) is 12.7 Å². The van der Waals surface area contributed by atoms with E-state index in [9.17, 15) is 4.79 Å². The molecule has 1 atom stereocenters. The molecule has 0 bridgehead atoms. The van der Waals surface area contributed by atoms with E-state index >= 15 is 0 Å². The van der Waals surface area contributed by atoms with Gasteiger partial charge in [-0.2, -0.15) is 5.10 Å². The van der Waals surface area contributed by atoms with Crippen molar-refractivity contribution in [2.45, 2.75) is 12.3 Å². The Hall–Kier alpha value is -2.27. The van der Waals surface area contributed by atoms with Crippen LogP contribution in [-0.2, 0) is 4.74 Å². The van der Waals surface area contributed by atoms with Gasteiger partial charge >= 0.3 is 5.97 Å². The quantitative estimate of drug-likeness (QED) is 0.882. The number of carbonyl (C=O) groups excluding carboxylic acids is 1. The number of methoxy groups -OCH3 is 1. The van der Waals surface area contributed by atoms with Gasteiger partial charge in [0, 0.05) is 5.56 Å². The molecule has 0 spiro atoms. The number of benzene rings is 2. The zero-order chi connectivity index (χ0) is 15.5. The van der Waals surface area contributed by atoms with E-state index in [-0.39, 0.29) is 11.3 Å². The molecule has 0 aromatic heterocycles. The summed E-state index contributed by atoms with van der Waals surface area (Å²) in [5.74, 6) is -0.324. The number of hydrogen-bond acceptors (Lipinski definition) is 5. The minimum atomic E-state index is -0.324. The molecule has 3 rings (SSSR count). The highest BCUT2D eigenvalue weighted by Crippen LogP contribution is 2.34. The van der Waals surface area contributed by atoms with Crippen LogP contribution in [0.1, 0.15) is 32.4 Å². The van der Waals surface area contributed by atoms with Crippen LogP contribution < -0.4 is 5.43 Å². The Labute approximate surface area is 133 Å². The van der Waals surface area contributed by atoms with Crippen LogP contribution in [0.25, 0.3) is 0 Å². The highest BCUT2D eigenvalue weighted by atomic mass is 32.2. The van der Waals surface area contributed by atoms with Crippen LogP contribution in [0.5, 0.6) is 0 Å². The topological polar surface area (TPSA) is 50.7 Å². The normalized spacial score (nSPS) is 16.8. The Kier molecular flexibility index (Phi) is 4.15. The lowest BCUT2D eigenvalue weighted by Crippen LogP contribution is -2.07. The average molecular weight is 312 g/mol. The Morgan fingerprint density at radius 3 is 2.45 bits per heavy atom. The molecule has 22 heavy (non-hydrogen) atoms. The SMILES string of the molecule is COC(=O)c1ccc([C@@H]2NN=C(c3ccc(C)cc3)S2)cc1. The molecule has 2 aromatic rings. The maximum absolute atomic E-state index is 11.4. The molecular weight excluding hydrogens is 296 g/mol. The van der Waals surface area contributed by atoms with Gasteiger partial charge in [-0.3, -0.25) is 5.43 Å². The lowest BCUT2D eigenvalue weighted by Gasteiger charge is -2.10. The van der Waals surface area contributed by atoms with Crippen molar-refractivity contribution in [1.82, 2.24) is 5.43 Å². The molecule has 2 aromatic carbocycles. The van der Waals surface area contributed by atoms with Gasteiger partial charge in [-0.25, -0.2) is 4.79 Å². The minimum absolute atomic E-state index is 0.0583. The van der Waals surface area contributed by atoms with Crippen LogP contribution in [0.4, 0.5) is 0 Å². The monoisotopic (exact) mass is 312 g/mol. The first-order chi connectivity index (χ1) is 10.7. The third-order valence-electron chi connectivity index (χ3n) is 3.45. The number of esters is 1. The Morgan fingerprint density at radius 2 is 1.82 bits per heavy atom. The first-order valence-corrected chi connectivity index (χ1v) is 7.80. The molecule has 0 radical (unpaired) electrons. The summed E-state index contributed by atoms with van der Waals surface area (Å²) >= 11 is 1.67. The highest BCUT2D eigenvalue weighted by molar-refractivity contribution is 8.14. The standard InChI is InChI=1S/C17H16N2O2S/c1-11-3-5-12(6-4-11)15-18-19-16(22-15)13-7-9-14(10-8-13)17(20)21-2/h3-10,16,19H,1-2H3/t16-/m1/s1. The number of thioether (sulfide) groups is 1. The van der Waals surface area contributed by atoms with Crippen LogP contribution in [0.15, 0.2) is 53.6 Å². The van der Waals surface area contributed by atoms with E-state index < -0.39 is 0 Å². The van der Waals surface area contributed by atoms with Crippen molar-refractivity contribution in [2.24, 2.45) is 5.10 Å². The first-order valence-electron chi connectivity index (χ1n) is 6.92. The smallest absolute Gasteiger partial charge is 0.337 e. The largest absolute Gasteiger partial charge is 0.465 e. The highest BCUT2D eigenvalue weighted by Gasteiger charge is 2.22. The predicted molar refractivity (Wildman–Crippen MR) is 89.0 cm³/mol. The summed E-state index contributed by atoms with van der Waals surface area (Å²) in [4.78, 5) is 11.4. The van der Waals surface area contributed by atoms with E-state index in [4.69, 9.17) is 4.74 Å². The molecule has 1 N–H and O–H groups in total. The van der Waals surface area contributed by atoms with Crippen molar-refractivity contribution in [3.05, 3.63) is 70.8 Å². The Balaban J connectivity index is 1.71. The number of aryl methyl sites for hydroxylation is 1. The average Bonchev–Trinajstić information content (AvgIpc) is 3.05. The molecular formula is C17H16N2O2S. The third kappa shape index (κ3) is 2.99. The second-order valence-electron chi connectivity index (χ2n) is 5.02. The van der Waals surface area contributed by atoms with Crippen molar-refractivity contribution >= 4 is 22.8 Å². The molecule has 0 unspecified atom stereocenters. The zero-order valence-corrected chi connectivity index (χ0v) is 13.2. The lowest BCUT2D eigenvalue weighted by atomic mass is 10.1. The molecule has 1 aliphatic rings. The van der Waals surface area contributed by atoms with Crippen LogP contribution >= 0.6 is 11.8 Å². The second kappa shape index (κ2) is 6.23. The summed E-state index contributed by atoms with van der Waals surface area (Å²) < 4.78 is 4.70. The van der Waals surface area contributed by atoms with Crippen LogP contribution in [0.3, 0.4) is 0 Å². The van der Waals surface area contributed by atoms with E-state index in [2.05, 4.69) is 41.7 Å². The summed E-state index contributed by atoms with van der Waals surface area (Å²) in [5, 5.41) is 5.44. The molecule has 0 saturated heterocycles. The maximum atomic E-state index is 11.4. The summed E-state index contributed by atoms with van der Waals surface area (Å²) in [7, 11) is 1.38. The molecule has 0 amide bonds. The van der Waals surface area contributed by atoms with Crippen molar-refractivity contribution < 1.29 is 9.53 Å². The van der Waals surface area contributed by atoms with E-state index in [0.29, 0.717) is 5.56 Å². The van der Waals surface area contributed by atoms with Gasteiger partial charge in [-0.1, -0.05) is 53.7 Å². The molecule has 1 heterocycles. The van der Waals surface area contributed by atoms with E-state index in [1.807, 2.05) is 12.1 Å². The third-order valence-corrected chi connectivity index (χ3v) is 4.61. The van der Waals surface area contributed by atoms with Gasteiger partial charge in [0.2, 0.25) is 0 Å². The molecule has 1 aliphatic heterocycles. The van der Waals surface area contributed by atoms with Crippen molar-refractivity contribution in [3.63, 3.8) is 0 Å². The van der Waals surface area contributed by atoms with Crippen LogP contribution in [-0.4, -0.2) is 18.1 Å². The van der Waals surface area contributed by atoms with Crippen molar-refractivity contribution in [1.29, 1.82) is 0 Å². The predicted octanol–water partition coefficient (Wildman–Crippen LogP) is 3.48. The zero-order valence-electron chi connectivity index (χ0n) is 12.4. The van der Waals surface area contributed by atoms with Gasteiger partial charge in [-0.05, 0) is 24.6 Å². The molecule has 112 valence electrons. The van der Waals surface area contributed by atoms with Gasteiger partial charge in [-0.15, -0.1) is 0 Å². The molecule has 0 aliphatic carbocycles. The summed E-state index contributed by atoms with van der Waals surface area (Å²) in [6.07, 6.45) is 0. The van der Waals surface area contributed by atoms with E-state index in [0.717, 1.165) is 16.2 Å². The second-order valence-corrected chi connectivity index (χ2v) is 6.12. The van der Waals surface area contributed by atoms with Gasteiger partial charge in [0.05, 0.1) is 12.7 Å². The number of rotatable bonds is 3. The number of ether oxygens (including phenoxy) is 1. The molecule has 0 saturated carbocycles. The van der Waals surface area contributed by atoms with Crippen LogP contribution in [0, 0.1) is 6.92 Å². The first kappa shape index (κ1) is 14.7. The van der Waals surface area contributed by atoms with E-state index in [1.54, 1.807) is 23.9 Å². The van der Waals surface area contributed by atoms with Crippen LogP contribution in [0.2, 0.25) is 0 Å². The number of nitrogens with one attached hydrogen (secondary N) is 1. The van der Waals surface area contributed by atoms with Crippen molar-refractivity contribution in [3.8, 4) is 0 Å². The minimum Gasteiger partial charge on any atom is -0.465 e. The summed E-state index contributed by atoms with van der Waals surface area (Å²) in [5.41, 5.74) is 7.10. The Morgan fingerprint density at radius 1 is 1.14 bits per heavy atom. The number of carbonyl (C=O) groups is 1.